The first-order valence-electron chi connectivity index (χ1n) is 9.54. The molecule has 0 N–H and O–H groups in total. The zero-order chi connectivity index (χ0) is 20.1. The van der Waals surface area contributed by atoms with Crippen LogP contribution in [0.4, 0.5) is 0 Å². The van der Waals surface area contributed by atoms with Crippen LogP contribution < -0.4 is 4.74 Å². The SMILES string of the molecule is CCOC(=O)CN(C)C1CCCc2cc(OCc3cccc(Br)c3Cl)ccc21. The van der Waals surface area contributed by atoms with Crippen molar-refractivity contribution in [1.29, 1.82) is 0 Å². The number of hydrogen-bond acceptors (Lipinski definition) is 4. The quantitative estimate of drug-likeness (QED) is 0.501. The molecule has 1 aliphatic carbocycles. The van der Waals surface area contributed by atoms with Gasteiger partial charge in [0.05, 0.1) is 18.2 Å². The summed E-state index contributed by atoms with van der Waals surface area (Å²) in [5.41, 5.74) is 3.50. The molecule has 0 bridgehead atoms. The molecule has 0 fully saturated rings. The molecule has 0 saturated heterocycles. The van der Waals surface area contributed by atoms with Crippen molar-refractivity contribution in [3.8, 4) is 5.75 Å². The molecule has 150 valence electrons. The number of carbonyl (C=O) groups is 1. The van der Waals surface area contributed by atoms with Crippen LogP contribution in [0.2, 0.25) is 5.02 Å². The highest BCUT2D eigenvalue weighted by molar-refractivity contribution is 9.10. The van der Waals surface area contributed by atoms with E-state index in [1.165, 1.54) is 11.1 Å². The van der Waals surface area contributed by atoms with E-state index < -0.39 is 0 Å². The average molecular weight is 467 g/mol. The van der Waals surface area contributed by atoms with Crippen molar-refractivity contribution in [3.05, 3.63) is 62.6 Å². The Morgan fingerprint density at radius 2 is 2.14 bits per heavy atom. The Labute approximate surface area is 179 Å². The van der Waals surface area contributed by atoms with Gasteiger partial charge in [-0.15, -0.1) is 0 Å². The highest BCUT2D eigenvalue weighted by atomic mass is 79.9. The monoisotopic (exact) mass is 465 g/mol. The maximum absolute atomic E-state index is 11.8. The van der Waals surface area contributed by atoms with E-state index in [1.54, 1.807) is 0 Å². The summed E-state index contributed by atoms with van der Waals surface area (Å²) < 4.78 is 11.9. The molecule has 0 aromatic heterocycles. The van der Waals surface area contributed by atoms with Crippen LogP contribution in [-0.4, -0.2) is 31.1 Å². The number of halogens is 2. The third kappa shape index (κ3) is 5.07. The number of hydrogen-bond donors (Lipinski definition) is 0. The zero-order valence-electron chi connectivity index (χ0n) is 16.2. The first-order chi connectivity index (χ1) is 13.5. The van der Waals surface area contributed by atoms with Crippen molar-refractivity contribution in [3.63, 3.8) is 0 Å². The second-order valence-corrected chi connectivity index (χ2v) is 8.22. The van der Waals surface area contributed by atoms with Crippen molar-refractivity contribution in [2.24, 2.45) is 0 Å². The highest BCUT2D eigenvalue weighted by Gasteiger charge is 2.25. The lowest BCUT2D eigenvalue weighted by molar-refractivity contribution is -0.144. The topological polar surface area (TPSA) is 38.8 Å². The fraction of sp³-hybridized carbons (Fsp3) is 0.409. The Morgan fingerprint density at radius 3 is 2.93 bits per heavy atom. The molecule has 3 rings (SSSR count). The Balaban J connectivity index is 1.70. The number of likely N-dealkylation sites (N-methyl/N-ethyl adjacent to an activating group) is 1. The fourth-order valence-electron chi connectivity index (χ4n) is 3.65. The Hall–Kier alpha value is -1.56. The molecule has 0 aliphatic heterocycles. The van der Waals surface area contributed by atoms with Crippen LogP contribution in [0, 0.1) is 0 Å². The van der Waals surface area contributed by atoms with E-state index in [9.17, 15) is 4.79 Å². The second kappa shape index (κ2) is 9.77. The summed E-state index contributed by atoms with van der Waals surface area (Å²) in [6.07, 6.45) is 3.15. The van der Waals surface area contributed by atoms with Gasteiger partial charge in [0, 0.05) is 16.1 Å². The van der Waals surface area contributed by atoms with E-state index in [-0.39, 0.29) is 12.0 Å². The van der Waals surface area contributed by atoms with Gasteiger partial charge in [0.25, 0.3) is 0 Å². The summed E-state index contributed by atoms with van der Waals surface area (Å²) in [6.45, 7) is 2.97. The van der Waals surface area contributed by atoms with E-state index >= 15 is 0 Å². The minimum absolute atomic E-state index is 0.178. The van der Waals surface area contributed by atoms with Crippen LogP contribution in [0.15, 0.2) is 40.9 Å². The van der Waals surface area contributed by atoms with E-state index in [4.69, 9.17) is 21.1 Å². The van der Waals surface area contributed by atoms with E-state index in [0.717, 1.165) is 35.0 Å². The normalized spacial score (nSPS) is 16.0. The van der Waals surface area contributed by atoms with Crippen LogP contribution in [0.5, 0.6) is 5.75 Å². The van der Waals surface area contributed by atoms with Crippen LogP contribution in [0.1, 0.15) is 42.5 Å². The van der Waals surface area contributed by atoms with Gasteiger partial charge >= 0.3 is 5.97 Å². The summed E-state index contributed by atoms with van der Waals surface area (Å²) in [5.74, 6) is 0.659. The summed E-state index contributed by atoms with van der Waals surface area (Å²) in [4.78, 5) is 13.9. The molecule has 0 amide bonds. The Kier molecular flexibility index (Phi) is 7.38. The molecule has 2 aromatic rings. The number of esters is 1. The van der Waals surface area contributed by atoms with Gasteiger partial charge < -0.3 is 9.47 Å². The molecule has 1 aliphatic rings. The van der Waals surface area contributed by atoms with Crippen molar-refractivity contribution < 1.29 is 14.3 Å². The molecule has 6 heteroatoms. The molecule has 0 heterocycles. The lowest BCUT2D eigenvalue weighted by Gasteiger charge is -2.33. The minimum atomic E-state index is -0.178. The summed E-state index contributed by atoms with van der Waals surface area (Å²) in [7, 11) is 1.98. The van der Waals surface area contributed by atoms with Crippen LogP contribution >= 0.6 is 27.5 Å². The number of aryl methyl sites for hydroxylation is 1. The van der Waals surface area contributed by atoms with Gasteiger partial charge in [-0.3, -0.25) is 9.69 Å². The largest absolute Gasteiger partial charge is 0.489 e. The molecule has 28 heavy (non-hydrogen) atoms. The molecule has 1 atom stereocenters. The van der Waals surface area contributed by atoms with E-state index in [2.05, 4.69) is 33.0 Å². The highest BCUT2D eigenvalue weighted by Crippen LogP contribution is 2.36. The van der Waals surface area contributed by atoms with Gasteiger partial charge in [-0.2, -0.15) is 0 Å². The zero-order valence-corrected chi connectivity index (χ0v) is 18.6. The first kappa shape index (κ1) is 21.2. The summed E-state index contributed by atoms with van der Waals surface area (Å²) in [6, 6.07) is 12.3. The molecular formula is C22H25BrClNO3. The lowest BCUT2D eigenvalue weighted by Crippen LogP contribution is -2.33. The number of benzene rings is 2. The van der Waals surface area contributed by atoms with Gasteiger partial charge in [0.2, 0.25) is 0 Å². The molecule has 0 radical (unpaired) electrons. The van der Waals surface area contributed by atoms with Crippen LogP contribution in [0.3, 0.4) is 0 Å². The van der Waals surface area contributed by atoms with E-state index in [1.807, 2.05) is 38.2 Å². The van der Waals surface area contributed by atoms with E-state index in [0.29, 0.717) is 24.8 Å². The van der Waals surface area contributed by atoms with Gasteiger partial charge in [0.1, 0.15) is 12.4 Å². The first-order valence-corrected chi connectivity index (χ1v) is 10.7. The molecule has 1 unspecified atom stereocenters. The standard InChI is InChI=1S/C22H25BrClNO3/c1-3-27-21(26)13-25(2)20-9-5-6-15-12-17(10-11-18(15)20)28-14-16-7-4-8-19(23)22(16)24/h4,7-8,10-12,20H,3,5-6,9,13-14H2,1-2H3. The summed E-state index contributed by atoms with van der Waals surface area (Å²) in [5, 5.41) is 0.682. The van der Waals surface area contributed by atoms with Crippen molar-refractivity contribution in [2.75, 3.05) is 20.2 Å². The van der Waals surface area contributed by atoms with Gasteiger partial charge in [-0.25, -0.2) is 0 Å². The third-order valence-corrected chi connectivity index (χ3v) is 6.37. The third-order valence-electron chi connectivity index (χ3n) is 5.04. The molecule has 4 nitrogen and oxygen atoms in total. The van der Waals surface area contributed by atoms with Crippen molar-refractivity contribution in [2.45, 2.75) is 38.8 Å². The maximum atomic E-state index is 11.8. The van der Waals surface area contributed by atoms with Crippen molar-refractivity contribution in [1.82, 2.24) is 4.90 Å². The predicted octanol–water partition coefficient (Wildman–Crippen LogP) is 5.55. The van der Waals surface area contributed by atoms with Crippen LogP contribution in [0.25, 0.3) is 0 Å². The molecule has 0 spiro atoms. The number of fused-ring (bicyclic) bond motifs is 1. The number of ether oxygens (including phenoxy) is 2. The smallest absolute Gasteiger partial charge is 0.320 e. The second-order valence-electron chi connectivity index (χ2n) is 6.99. The lowest BCUT2D eigenvalue weighted by atomic mass is 9.87. The minimum Gasteiger partial charge on any atom is -0.489 e. The van der Waals surface area contributed by atoms with Crippen molar-refractivity contribution >= 4 is 33.5 Å². The molecule has 0 saturated carbocycles. The van der Waals surface area contributed by atoms with Gasteiger partial charge in [0.15, 0.2) is 0 Å². The van der Waals surface area contributed by atoms with Gasteiger partial charge in [-0.05, 0) is 78.5 Å². The average Bonchev–Trinajstić information content (AvgIpc) is 2.68. The summed E-state index contributed by atoms with van der Waals surface area (Å²) >= 11 is 9.77. The number of nitrogens with zero attached hydrogens (tertiary/aromatic N) is 1. The predicted molar refractivity (Wildman–Crippen MR) is 115 cm³/mol. The molecule has 2 aromatic carbocycles. The fourth-order valence-corrected chi connectivity index (χ4v) is 4.24. The maximum Gasteiger partial charge on any atom is 0.320 e. The molecular weight excluding hydrogens is 442 g/mol. The Morgan fingerprint density at radius 1 is 1.32 bits per heavy atom. The number of carbonyl (C=O) groups excluding carboxylic acids is 1. The Bertz CT molecular complexity index is 843. The van der Waals surface area contributed by atoms with Gasteiger partial charge in [-0.1, -0.05) is 29.8 Å². The number of rotatable bonds is 7. The van der Waals surface area contributed by atoms with Crippen LogP contribution in [-0.2, 0) is 22.6 Å².